The van der Waals surface area contributed by atoms with Crippen LogP contribution in [-0.4, -0.2) is 0 Å². The first-order chi connectivity index (χ1) is 9.88. The highest BCUT2D eigenvalue weighted by atomic mass is 16.5. The first-order valence-electron chi connectivity index (χ1n) is 7.77. The van der Waals surface area contributed by atoms with Gasteiger partial charge in [0, 0.05) is 0 Å². The SMILES string of the molecule is Cc1ccc(C(C)C)c(Oc2cc(C)ccc2C(C)C)c1. The van der Waals surface area contributed by atoms with Crippen molar-refractivity contribution in [3.8, 4) is 11.5 Å². The first kappa shape index (κ1) is 15.6. The summed E-state index contributed by atoms with van der Waals surface area (Å²) in [6.45, 7) is 13.0. The van der Waals surface area contributed by atoms with Crippen LogP contribution in [0, 0.1) is 13.8 Å². The molecule has 2 aromatic carbocycles. The molecular formula is C20H26O. The van der Waals surface area contributed by atoms with Gasteiger partial charge in [-0.2, -0.15) is 0 Å². The Morgan fingerprint density at radius 1 is 0.667 bits per heavy atom. The van der Waals surface area contributed by atoms with Gasteiger partial charge in [0.25, 0.3) is 0 Å². The standard InChI is InChI=1S/C20H26O/c1-13(2)17-9-7-15(5)11-19(17)21-20-12-16(6)8-10-18(20)14(3)4/h7-14H,1-6H3. The number of aryl methyl sites for hydroxylation is 2. The lowest BCUT2D eigenvalue weighted by Gasteiger charge is -2.18. The summed E-state index contributed by atoms with van der Waals surface area (Å²) in [7, 11) is 0. The molecule has 21 heavy (non-hydrogen) atoms. The van der Waals surface area contributed by atoms with Gasteiger partial charge in [-0.15, -0.1) is 0 Å². The molecule has 0 aliphatic carbocycles. The molecule has 0 fully saturated rings. The van der Waals surface area contributed by atoms with Crippen molar-refractivity contribution in [3.05, 3.63) is 58.7 Å². The zero-order valence-corrected chi connectivity index (χ0v) is 14.0. The predicted molar refractivity (Wildman–Crippen MR) is 90.6 cm³/mol. The summed E-state index contributed by atoms with van der Waals surface area (Å²) in [5, 5.41) is 0. The van der Waals surface area contributed by atoms with E-state index in [0.29, 0.717) is 11.8 Å². The minimum absolute atomic E-state index is 0.452. The van der Waals surface area contributed by atoms with Gasteiger partial charge in [0.05, 0.1) is 0 Å². The van der Waals surface area contributed by atoms with E-state index in [1.54, 1.807) is 0 Å². The maximum absolute atomic E-state index is 6.32. The zero-order valence-electron chi connectivity index (χ0n) is 14.0. The quantitative estimate of drug-likeness (QED) is 0.635. The first-order valence-corrected chi connectivity index (χ1v) is 7.77. The van der Waals surface area contributed by atoms with Crippen molar-refractivity contribution in [1.82, 2.24) is 0 Å². The lowest BCUT2D eigenvalue weighted by molar-refractivity contribution is 0.463. The Balaban J connectivity index is 2.47. The van der Waals surface area contributed by atoms with Gasteiger partial charge in [0.1, 0.15) is 11.5 Å². The molecule has 2 aromatic rings. The molecular weight excluding hydrogens is 256 g/mol. The Labute approximate surface area is 129 Å². The highest BCUT2D eigenvalue weighted by Crippen LogP contribution is 2.35. The molecule has 1 nitrogen and oxygen atoms in total. The van der Waals surface area contributed by atoms with E-state index in [9.17, 15) is 0 Å². The fourth-order valence-corrected chi connectivity index (χ4v) is 2.53. The Kier molecular flexibility index (Phi) is 4.72. The average molecular weight is 282 g/mol. The van der Waals surface area contributed by atoms with Crippen molar-refractivity contribution in [2.24, 2.45) is 0 Å². The number of benzene rings is 2. The molecule has 0 aromatic heterocycles. The normalized spacial score (nSPS) is 11.2. The van der Waals surface area contributed by atoms with Gasteiger partial charge in [-0.05, 0) is 60.1 Å². The van der Waals surface area contributed by atoms with Crippen LogP contribution in [0.25, 0.3) is 0 Å². The van der Waals surface area contributed by atoms with E-state index in [-0.39, 0.29) is 0 Å². The van der Waals surface area contributed by atoms with Crippen LogP contribution in [-0.2, 0) is 0 Å². The smallest absolute Gasteiger partial charge is 0.131 e. The lowest BCUT2D eigenvalue weighted by atomic mass is 9.99. The molecule has 0 unspecified atom stereocenters. The molecule has 0 aliphatic heterocycles. The maximum Gasteiger partial charge on any atom is 0.131 e. The minimum Gasteiger partial charge on any atom is -0.457 e. The lowest BCUT2D eigenvalue weighted by Crippen LogP contribution is -1.98. The third-order valence-electron chi connectivity index (χ3n) is 3.80. The Hall–Kier alpha value is -1.76. The molecule has 0 atom stereocenters. The third-order valence-corrected chi connectivity index (χ3v) is 3.80. The molecule has 0 saturated heterocycles. The molecule has 0 saturated carbocycles. The highest BCUT2D eigenvalue weighted by Gasteiger charge is 2.13. The van der Waals surface area contributed by atoms with Gasteiger partial charge in [0.15, 0.2) is 0 Å². The van der Waals surface area contributed by atoms with Crippen LogP contribution in [0.2, 0.25) is 0 Å². The van der Waals surface area contributed by atoms with Crippen LogP contribution >= 0.6 is 0 Å². The number of hydrogen-bond donors (Lipinski definition) is 0. The monoisotopic (exact) mass is 282 g/mol. The Morgan fingerprint density at radius 3 is 1.38 bits per heavy atom. The molecule has 0 amide bonds. The van der Waals surface area contributed by atoms with Crippen molar-refractivity contribution in [2.75, 3.05) is 0 Å². The van der Waals surface area contributed by atoms with Crippen LogP contribution in [0.1, 0.15) is 61.8 Å². The van der Waals surface area contributed by atoms with Gasteiger partial charge >= 0.3 is 0 Å². The topological polar surface area (TPSA) is 9.23 Å². The van der Waals surface area contributed by atoms with Crippen LogP contribution in [0.3, 0.4) is 0 Å². The van der Waals surface area contributed by atoms with Gasteiger partial charge in [-0.1, -0.05) is 52.0 Å². The summed E-state index contributed by atoms with van der Waals surface area (Å²) in [4.78, 5) is 0. The van der Waals surface area contributed by atoms with Gasteiger partial charge < -0.3 is 4.74 Å². The molecule has 0 bridgehead atoms. The van der Waals surface area contributed by atoms with Gasteiger partial charge in [-0.3, -0.25) is 0 Å². The molecule has 112 valence electrons. The van der Waals surface area contributed by atoms with Crippen LogP contribution in [0.5, 0.6) is 11.5 Å². The summed E-state index contributed by atoms with van der Waals surface area (Å²) < 4.78 is 6.32. The summed E-state index contributed by atoms with van der Waals surface area (Å²) in [6, 6.07) is 13.0. The average Bonchev–Trinajstić information content (AvgIpc) is 2.38. The van der Waals surface area contributed by atoms with Crippen molar-refractivity contribution >= 4 is 0 Å². The van der Waals surface area contributed by atoms with Crippen molar-refractivity contribution in [1.29, 1.82) is 0 Å². The number of hydrogen-bond acceptors (Lipinski definition) is 1. The molecule has 2 rings (SSSR count). The molecule has 0 spiro atoms. The van der Waals surface area contributed by atoms with Crippen LogP contribution < -0.4 is 4.74 Å². The predicted octanol–water partition coefficient (Wildman–Crippen LogP) is 6.34. The third kappa shape index (κ3) is 3.66. The second kappa shape index (κ2) is 6.34. The van der Waals surface area contributed by atoms with E-state index in [0.717, 1.165) is 11.5 Å². The van der Waals surface area contributed by atoms with Gasteiger partial charge in [-0.25, -0.2) is 0 Å². The van der Waals surface area contributed by atoms with E-state index < -0.39 is 0 Å². The molecule has 1 heteroatoms. The van der Waals surface area contributed by atoms with E-state index >= 15 is 0 Å². The Bertz CT molecular complexity index is 568. The summed E-state index contributed by atoms with van der Waals surface area (Å²) in [5.41, 5.74) is 4.98. The van der Waals surface area contributed by atoms with E-state index in [2.05, 4.69) is 77.9 Å². The Morgan fingerprint density at radius 2 is 1.05 bits per heavy atom. The molecule has 0 aliphatic rings. The maximum atomic E-state index is 6.32. The summed E-state index contributed by atoms with van der Waals surface area (Å²) in [6.07, 6.45) is 0. The number of ether oxygens (including phenoxy) is 1. The highest BCUT2D eigenvalue weighted by molar-refractivity contribution is 5.46. The van der Waals surface area contributed by atoms with Crippen LogP contribution in [0.15, 0.2) is 36.4 Å². The molecule has 0 heterocycles. The van der Waals surface area contributed by atoms with Crippen molar-refractivity contribution in [3.63, 3.8) is 0 Å². The summed E-state index contributed by atoms with van der Waals surface area (Å²) in [5.74, 6) is 2.87. The number of rotatable bonds is 4. The second-order valence-electron chi connectivity index (χ2n) is 6.49. The van der Waals surface area contributed by atoms with Crippen molar-refractivity contribution < 1.29 is 4.74 Å². The molecule has 0 N–H and O–H groups in total. The van der Waals surface area contributed by atoms with Gasteiger partial charge in [0.2, 0.25) is 0 Å². The second-order valence-corrected chi connectivity index (χ2v) is 6.49. The van der Waals surface area contributed by atoms with E-state index in [1.165, 1.54) is 22.3 Å². The van der Waals surface area contributed by atoms with E-state index in [1.807, 2.05) is 0 Å². The summed E-state index contributed by atoms with van der Waals surface area (Å²) >= 11 is 0. The largest absolute Gasteiger partial charge is 0.457 e. The minimum atomic E-state index is 0.452. The van der Waals surface area contributed by atoms with Crippen LogP contribution in [0.4, 0.5) is 0 Å². The molecule has 0 radical (unpaired) electrons. The van der Waals surface area contributed by atoms with Crippen molar-refractivity contribution in [2.45, 2.75) is 53.4 Å². The fourth-order valence-electron chi connectivity index (χ4n) is 2.53. The fraction of sp³-hybridized carbons (Fsp3) is 0.400. The van der Waals surface area contributed by atoms with E-state index in [4.69, 9.17) is 4.74 Å². The zero-order chi connectivity index (χ0) is 15.6.